The van der Waals surface area contributed by atoms with Crippen molar-refractivity contribution in [1.82, 2.24) is 10.2 Å². The molecule has 0 aromatic heterocycles. The molecule has 1 aliphatic rings. The van der Waals surface area contributed by atoms with E-state index in [0.717, 1.165) is 13.0 Å². The van der Waals surface area contributed by atoms with Crippen molar-refractivity contribution in [3.8, 4) is 0 Å². The number of unbranched alkanes of at least 4 members (excludes halogenated alkanes) is 1. The predicted octanol–water partition coefficient (Wildman–Crippen LogP) is 2.34. The van der Waals surface area contributed by atoms with Crippen LogP contribution in [0.25, 0.3) is 0 Å². The van der Waals surface area contributed by atoms with E-state index in [1.54, 1.807) is 0 Å². The van der Waals surface area contributed by atoms with Crippen molar-refractivity contribution in [2.75, 3.05) is 26.2 Å². The predicted molar refractivity (Wildman–Crippen MR) is 89.9 cm³/mol. The molecule has 0 aromatic carbocycles. The number of nitrogens with two attached hydrogens (primary N) is 1. The number of likely N-dealkylation sites (tertiary alicyclic amines) is 1. The van der Waals surface area contributed by atoms with Crippen LogP contribution in [0.2, 0.25) is 0 Å². The molecule has 1 fully saturated rings. The zero-order valence-corrected chi connectivity index (χ0v) is 14.2. The molecular formula is C14H31Cl2N3O. The Morgan fingerprint density at radius 3 is 2.70 bits per heavy atom. The van der Waals surface area contributed by atoms with E-state index in [2.05, 4.69) is 17.1 Å². The monoisotopic (exact) mass is 327 g/mol. The second-order valence-electron chi connectivity index (χ2n) is 5.24. The third-order valence-corrected chi connectivity index (χ3v) is 3.69. The minimum absolute atomic E-state index is 0. The molecule has 20 heavy (non-hydrogen) atoms. The second kappa shape index (κ2) is 13.9. The summed E-state index contributed by atoms with van der Waals surface area (Å²) in [5.74, 6) is 0.154. The van der Waals surface area contributed by atoms with Gasteiger partial charge in [0.15, 0.2) is 0 Å². The Bertz CT molecular complexity index is 242. The third-order valence-electron chi connectivity index (χ3n) is 3.69. The Morgan fingerprint density at radius 1 is 1.30 bits per heavy atom. The van der Waals surface area contributed by atoms with Crippen molar-refractivity contribution in [2.24, 2.45) is 5.73 Å². The molecule has 0 aliphatic carbocycles. The molecule has 1 saturated heterocycles. The first-order valence-electron chi connectivity index (χ1n) is 7.48. The number of rotatable bonds is 8. The molecule has 4 nitrogen and oxygen atoms in total. The van der Waals surface area contributed by atoms with Crippen LogP contribution in [-0.2, 0) is 4.79 Å². The lowest BCUT2D eigenvalue weighted by molar-refractivity contribution is -0.121. The molecule has 6 heteroatoms. The first-order chi connectivity index (χ1) is 8.77. The standard InChI is InChI=1S/C14H29N3O.2ClH/c1-2-3-10-17-11-5-4-7-13(17)12-16-14(18)8-6-9-15;;/h13H,2-12,15H2,1H3,(H,16,18);2*1H. The number of hydrogen-bond acceptors (Lipinski definition) is 3. The molecular weight excluding hydrogens is 297 g/mol. The van der Waals surface area contributed by atoms with Gasteiger partial charge >= 0.3 is 0 Å². The van der Waals surface area contributed by atoms with Gasteiger partial charge in [-0.2, -0.15) is 0 Å². The van der Waals surface area contributed by atoms with E-state index in [9.17, 15) is 4.79 Å². The molecule has 1 heterocycles. The maximum absolute atomic E-state index is 11.6. The molecule has 1 aliphatic heterocycles. The van der Waals surface area contributed by atoms with Gasteiger partial charge in [0.25, 0.3) is 0 Å². The van der Waals surface area contributed by atoms with Crippen LogP contribution in [0, 0.1) is 0 Å². The molecule has 0 radical (unpaired) electrons. The fourth-order valence-corrected chi connectivity index (χ4v) is 2.53. The van der Waals surface area contributed by atoms with E-state index in [-0.39, 0.29) is 30.7 Å². The summed E-state index contributed by atoms with van der Waals surface area (Å²) < 4.78 is 0. The van der Waals surface area contributed by atoms with Gasteiger partial charge in [0.2, 0.25) is 5.91 Å². The van der Waals surface area contributed by atoms with Crippen LogP contribution in [0.15, 0.2) is 0 Å². The highest BCUT2D eigenvalue weighted by molar-refractivity contribution is 5.85. The fourth-order valence-electron chi connectivity index (χ4n) is 2.53. The molecule has 1 rings (SSSR count). The quantitative estimate of drug-likeness (QED) is 0.719. The van der Waals surface area contributed by atoms with Crippen molar-refractivity contribution < 1.29 is 4.79 Å². The van der Waals surface area contributed by atoms with Crippen molar-refractivity contribution in [3.63, 3.8) is 0 Å². The van der Waals surface area contributed by atoms with Crippen LogP contribution in [0.3, 0.4) is 0 Å². The molecule has 0 spiro atoms. The molecule has 1 atom stereocenters. The second-order valence-corrected chi connectivity index (χ2v) is 5.24. The SMILES string of the molecule is CCCCN1CCCCC1CNC(=O)CCCN.Cl.Cl. The van der Waals surface area contributed by atoms with Gasteiger partial charge in [-0.25, -0.2) is 0 Å². The molecule has 1 amide bonds. The van der Waals surface area contributed by atoms with Crippen molar-refractivity contribution in [2.45, 2.75) is 57.9 Å². The van der Waals surface area contributed by atoms with E-state index in [1.807, 2.05) is 0 Å². The van der Waals surface area contributed by atoms with Crippen LogP contribution in [0.4, 0.5) is 0 Å². The molecule has 3 N–H and O–H groups in total. The van der Waals surface area contributed by atoms with Crippen LogP contribution < -0.4 is 11.1 Å². The maximum atomic E-state index is 11.6. The van der Waals surface area contributed by atoms with Gasteiger partial charge in [0, 0.05) is 19.0 Å². The number of hydrogen-bond donors (Lipinski definition) is 2. The number of carbonyl (C=O) groups excluding carboxylic acids is 1. The Morgan fingerprint density at radius 2 is 2.05 bits per heavy atom. The summed E-state index contributed by atoms with van der Waals surface area (Å²) in [6.07, 6.45) is 7.69. The number of carbonyl (C=O) groups is 1. The Labute approximate surface area is 136 Å². The lowest BCUT2D eigenvalue weighted by atomic mass is 10.0. The third kappa shape index (κ3) is 9.01. The van der Waals surface area contributed by atoms with Crippen molar-refractivity contribution >= 4 is 30.7 Å². The number of amides is 1. The Hall–Kier alpha value is -0.0300. The smallest absolute Gasteiger partial charge is 0.220 e. The first-order valence-corrected chi connectivity index (χ1v) is 7.48. The molecule has 1 unspecified atom stereocenters. The highest BCUT2D eigenvalue weighted by Crippen LogP contribution is 2.17. The summed E-state index contributed by atoms with van der Waals surface area (Å²) in [4.78, 5) is 14.1. The van der Waals surface area contributed by atoms with Gasteiger partial charge in [0.05, 0.1) is 0 Å². The van der Waals surface area contributed by atoms with Gasteiger partial charge < -0.3 is 11.1 Å². The van der Waals surface area contributed by atoms with E-state index in [0.29, 0.717) is 19.0 Å². The van der Waals surface area contributed by atoms with Gasteiger partial charge in [-0.1, -0.05) is 19.8 Å². The minimum Gasteiger partial charge on any atom is -0.355 e. The lowest BCUT2D eigenvalue weighted by Gasteiger charge is -2.35. The zero-order chi connectivity index (χ0) is 13.2. The summed E-state index contributed by atoms with van der Waals surface area (Å²) in [6, 6.07) is 0.548. The van der Waals surface area contributed by atoms with Gasteiger partial charge in [-0.05, 0) is 45.3 Å². The first kappa shape index (κ1) is 22.3. The Balaban J connectivity index is 0. The largest absolute Gasteiger partial charge is 0.355 e. The van der Waals surface area contributed by atoms with E-state index in [1.165, 1.54) is 45.2 Å². The van der Waals surface area contributed by atoms with Crippen LogP contribution >= 0.6 is 24.8 Å². The number of halogens is 2. The summed E-state index contributed by atoms with van der Waals surface area (Å²) >= 11 is 0. The number of piperidine rings is 1. The zero-order valence-electron chi connectivity index (χ0n) is 12.6. The van der Waals surface area contributed by atoms with Crippen LogP contribution in [-0.4, -0.2) is 43.0 Å². The maximum Gasteiger partial charge on any atom is 0.220 e. The fraction of sp³-hybridized carbons (Fsp3) is 0.929. The highest BCUT2D eigenvalue weighted by atomic mass is 35.5. The lowest BCUT2D eigenvalue weighted by Crippen LogP contribution is -2.47. The molecule has 0 saturated carbocycles. The summed E-state index contributed by atoms with van der Waals surface area (Å²) in [6.45, 7) is 6.02. The van der Waals surface area contributed by atoms with Crippen molar-refractivity contribution in [1.29, 1.82) is 0 Å². The summed E-state index contributed by atoms with van der Waals surface area (Å²) in [7, 11) is 0. The average molecular weight is 328 g/mol. The molecule has 0 bridgehead atoms. The highest BCUT2D eigenvalue weighted by Gasteiger charge is 2.21. The molecule has 122 valence electrons. The average Bonchev–Trinajstić information content (AvgIpc) is 2.41. The molecule has 0 aromatic rings. The number of nitrogens with zero attached hydrogens (tertiary/aromatic N) is 1. The van der Waals surface area contributed by atoms with E-state index < -0.39 is 0 Å². The Kier molecular flexibility index (Phi) is 15.5. The van der Waals surface area contributed by atoms with Gasteiger partial charge in [-0.15, -0.1) is 24.8 Å². The van der Waals surface area contributed by atoms with Crippen LogP contribution in [0.5, 0.6) is 0 Å². The van der Waals surface area contributed by atoms with Gasteiger partial charge in [0.1, 0.15) is 0 Å². The normalized spacial score (nSPS) is 18.8. The minimum atomic E-state index is 0. The van der Waals surface area contributed by atoms with Gasteiger partial charge in [-0.3, -0.25) is 9.69 Å². The summed E-state index contributed by atoms with van der Waals surface area (Å²) in [5.41, 5.74) is 5.40. The number of nitrogens with one attached hydrogen (secondary N) is 1. The van der Waals surface area contributed by atoms with E-state index >= 15 is 0 Å². The van der Waals surface area contributed by atoms with Crippen molar-refractivity contribution in [3.05, 3.63) is 0 Å². The van der Waals surface area contributed by atoms with Crippen LogP contribution in [0.1, 0.15) is 51.9 Å². The summed E-state index contributed by atoms with van der Waals surface area (Å²) in [5, 5.41) is 3.06. The van der Waals surface area contributed by atoms with E-state index in [4.69, 9.17) is 5.73 Å². The topological polar surface area (TPSA) is 58.4 Å².